The lowest BCUT2D eigenvalue weighted by Crippen LogP contribution is -2.54. The third-order valence-corrected chi connectivity index (χ3v) is 7.36. The molecule has 198 valence electrons. The molecule has 2 saturated heterocycles. The molecule has 2 fully saturated rings. The molecule has 4 heterocycles. The van der Waals surface area contributed by atoms with Crippen LogP contribution in [0.2, 0.25) is 0 Å². The molecule has 0 saturated carbocycles. The number of imide groups is 2. The Balaban J connectivity index is 1.22. The van der Waals surface area contributed by atoms with E-state index in [1.54, 1.807) is 30.5 Å². The van der Waals surface area contributed by atoms with Crippen molar-refractivity contribution in [3.05, 3.63) is 59.9 Å². The van der Waals surface area contributed by atoms with Gasteiger partial charge in [-0.25, -0.2) is 0 Å². The molecular weight excluding hydrogens is 488 g/mol. The van der Waals surface area contributed by atoms with Crippen molar-refractivity contribution < 1.29 is 24.0 Å². The minimum atomic E-state index is -1.00. The van der Waals surface area contributed by atoms with Crippen LogP contribution >= 0.6 is 0 Å². The quantitative estimate of drug-likeness (QED) is 0.403. The highest BCUT2D eigenvalue weighted by Gasteiger charge is 2.45. The lowest BCUT2D eigenvalue weighted by molar-refractivity contribution is -0.136. The number of carbonyl (C=O) groups excluding carboxylic acids is 5. The van der Waals surface area contributed by atoms with Crippen LogP contribution in [0.5, 0.6) is 0 Å². The summed E-state index contributed by atoms with van der Waals surface area (Å²) in [6, 6.07) is 4.18. The van der Waals surface area contributed by atoms with Gasteiger partial charge in [0.25, 0.3) is 11.8 Å². The van der Waals surface area contributed by atoms with Crippen LogP contribution in [0.3, 0.4) is 0 Å². The number of amides is 5. The number of rotatable bonds is 8. The highest BCUT2D eigenvalue weighted by molar-refractivity contribution is 6.25. The number of aromatic nitrogens is 2. The third kappa shape index (κ3) is 4.83. The van der Waals surface area contributed by atoms with Crippen molar-refractivity contribution in [2.45, 2.75) is 57.2 Å². The summed E-state index contributed by atoms with van der Waals surface area (Å²) in [5.41, 5.74) is 1.86. The number of benzene rings is 1. The maximum Gasteiger partial charge on any atom is 0.264 e. The number of piperidine rings is 2. The Morgan fingerprint density at radius 3 is 2.66 bits per heavy atom. The van der Waals surface area contributed by atoms with Crippen molar-refractivity contribution >= 4 is 35.2 Å². The minimum absolute atomic E-state index is 0.0730. The average molecular weight is 519 g/mol. The summed E-state index contributed by atoms with van der Waals surface area (Å²) in [6.45, 7) is 5.45. The first-order chi connectivity index (χ1) is 18.4. The third-order valence-electron chi connectivity index (χ3n) is 7.36. The monoisotopic (exact) mass is 518 g/mol. The van der Waals surface area contributed by atoms with E-state index in [2.05, 4.69) is 22.3 Å². The molecule has 3 aliphatic rings. The Morgan fingerprint density at radius 1 is 1.13 bits per heavy atom. The molecule has 1 aromatic carbocycles. The summed E-state index contributed by atoms with van der Waals surface area (Å²) in [7, 11) is 0. The number of likely N-dealkylation sites (tertiary alicyclic amines) is 1. The first-order valence-electron chi connectivity index (χ1n) is 12.9. The number of nitrogens with one attached hydrogen (secondary N) is 2. The van der Waals surface area contributed by atoms with E-state index >= 15 is 0 Å². The van der Waals surface area contributed by atoms with E-state index in [1.807, 2.05) is 15.8 Å². The maximum atomic E-state index is 13.3. The molecule has 0 radical (unpaired) electrons. The standard InChI is InChI=1S/C27H30N6O5/c1-2-3-7-23(35)31-12-10-18(11-13-31)32-16-17(15-29-32)14-28-20-6-4-5-19-24(20)27(38)33(26(19)37)21-8-9-22(34)30-25(21)36/h2,4-6,15-16,18,21,28H,1,3,7-14H2,(H,30,34,36). The molecule has 1 aromatic heterocycles. The Labute approximate surface area is 219 Å². The number of anilines is 1. The fraction of sp³-hybridized carbons (Fsp3) is 0.407. The smallest absolute Gasteiger partial charge is 0.264 e. The molecule has 38 heavy (non-hydrogen) atoms. The second-order valence-corrected chi connectivity index (χ2v) is 9.80. The second kappa shape index (κ2) is 10.6. The van der Waals surface area contributed by atoms with Gasteiger partial charge in [-0.1, -0.05) is 12.1 Å². The van der Waals surface area contributed by atoms with Crippen molar-refractivity contribution in [1.29, 1.82) is 0 Å². The van der Waals surface area contributed by atoms with Gasteiger partial charge < -0.3 is 10.2 Å². The van der Waals surface area contributed by atoms with Crippen LogP contribution in [0.4, 0.5) is 5.69 Å². The average Bonchev–Trinajstić information content (AvgIpc) is 3.49. The van der Waals surface area contributed by atoms with E-state index in [0.29, 0.717) is 38.2 Å². The van der Waals surface area contributed by atoms with Gasteiger partial charge >= 0.3 is 0 Å². The van der Waals surface area contributed by atoms with Crippen molar-refractivity contribution in [1.82, 2.24) is 24.9 Å². The maximum absolute atomic E-state index is 13.3. The van der Waals surface area contributed by atoms with Gasteiger partial charge in [-0.2, -0.15) is 5.10 Å². The van der Waals surface area contributed by atoms with Crippen LogP contribution in [0, 0.1) is 0 Å². The number of hydrogen-bond acceptors (Lipinski definition) is 7. The molecule has 1 atom stereocenters. The molecule has 0 spiro atoms. The fourth-order valence-corrected chi connectivity index (χ4v) is 5.29. The highest BCUT2D eigenvalue weighted by Crippen LogP contribution is 2.32. The summed E-state index contributed by atoms with van der Waals surface area (Å²) in [5, 5.41) is 9.97. The number of nitrogens with zero attached hydrogens (tertiary/aromatic N) is 4. The van der Waals surface area contributed by atoms with Crippen LogP contribution < -0.4 is 10.6 Å². The molecule has 11 heteroatoms. The summed E-state index contributed by atoms with van der Waals surface area (Å²) < 4.78 is 1.93. The minimum Gasteiger partial charge on any atom is -0.380 e. The molecule has 0 aliphatic carbocycles. The summed E-state index contributed by atoms with van der Waals surface area (Å²) in [6.07, 6.45) is 8.50. The molecule has 0 bridgehead atoms. The molecule has 1 unspecified atom stereocenters. The van der Waals surface area contributed by atoms with Gasteiger partial charge in [0.1, 0.15) is 6.04 Å². The Hall–Kier alpha value is -4.28. The number of hydrogen-bond donors (Lipinski definition) is 2. The molecule has 5 amide bonds. The molecule has 2 N–H and O–H groups in total. The summed E-state index contributed by atoms with van der Waals surface area (Å²) in [4.78, 5) is 65.2. The van der Waals surface area contributed by atoms with Gasteiger partial charge in [0.2, 0.25) is 17.7 Å². The van der Waals surface area contributed by atoms with Crippen molar-refractivity contribution in [3.63, 3.8) is 0 Å². The lowest BCUT2D eigenvalue weighted by atomic mass is 10.0. The van der Waals surface area contributed by atoms with Gasteiger partial charge in [-0.3, -0.25) is 38.9 Å². The Morgan fingerprint density at radius 2 is 1.92 bits per heavy atom. The second-order valence-electron chi connectivity index (χ2n) is 9.80. The normalized spacial score (nSPS) is 19.9. The van der Waals surface area contributed by atoms with Crippen LogP contribution in [-0.4, -0.2) is 68.2 Å². The van der Waals surface area contributed by atoms with Crippen molar-refractivity contribution in [2.75, 3.05) is 18.4 Å². The van der Waals surface area contributed by atoms with Crippen LogP contribution in [-0.2, 0) is 20.9 Å². The van der Waals surface area contributed by atoms with Crippen molar-refractivity contribution in [3.8, 4) is 0 Å². The highest BCUT2D eigenvalue weighted by atomic mass is 16.2. The van der Waals surface area contributed by atoms with E-state index < -0.39 is 29.7 Å². The largest absolute Gasteiger partial charge is 0.380 e. The number of fused-ring (bicyclic) bond motifs is 1. The topological polar surface area (TPSA) is 134 Å². The molecular formula is C27H30N6O5. The Kier molecular flexibility index (Phi) is 7.08. The zero-order chi connectivity index (χ0) is 26.8. The van der Waals surface area contributed by atoms with Gasteiger partial charge in [0, 0.05) is 49.9 Å². The van der Waals surface area contributed by atoms with Gasteiger partial charge in [-0.15, -0.1) is 6.58 Å². The predicted molar refractivity (Wildman–Crippen MR) is 137 cm³/mol. The fourth-order valence-electron chi connectivity index (χ4n) is 5.29. The van der Waals surface area contributed by atoms with E-state index in [4.69, 9.17) is 0 Å². The molecule has 3 aliphatic heterocycles. The lowest BCUT2D eigenvalue weighted by Gasteiger charge is -2.32. The summed E-state index contributed by atoms with van der Waals surface area (Å²) >= 11 is 0. The van der Waals surface area contributed by atoms with Crippen molar-refractivity contribution in [2.24, 2.45) is 0 Å². The predicted octanol–water partition coefficient (Wildman–Crippen LogP) is 2.03. The Bertz CT molecular complexity index is 1310. The number of allylic oxidation sites excluding steroid dienone is 1. The van der Waals surface area contributed by atoms with E-state index in [-0.39, 0.29) is 35.9 Å². The van der Waals surface area contributed by atoms with E-state index in [1.165, 1.54) is 0 Å². The first kappa shape index (κ1) is 25.4. The molecule has 11 nitrogen and oxygen atoms in total. The van der Waals surface area contributed by atoms with E-state index in [9.17, 15) is 24.0 Å². The van der Waals surface area contributed by atoms with Crippen LogP contribution in [0.15, 0.2) is 43.2 Å². The van der Waals surface area contributed by atoms with Crippen LogP contribution in [0.1, 0.15) is 70.8 Å². The van der Waals surface area contributed by atoms with Gasteiger partial charge in [0.15, 0.2) is 0 Å². The van der Waals surface area contributed by atoms with Gasteiger partial charge in [0.05, 0.1) is 23.4 Å². The van der Waals surface area contributed by atoms with E-state index in [0.717, 1.165) is 23.3 Å². The zero-order valence-electron chi connectivity index (χ0n) is 21.0. The van der Waals surface area contributed by atoms with Gasteiger partial charge in [-0.05, 0) is 37.8 Å². The zero-order valence-corrected chi connectivity index (χ0v) is 21.0. The first-order valence-corrected chi connectivity index (χ1v) is 12.9. The molecule has 5 rings (SSSR count). The SMILES string of the molecule is C=CCCC(=O)N1CCC(n2cc(CNc3cccc4c3C(=O)N(C3CCC(=O)NC3=O)C4=O)cn2)CC1. The summed E-state index contributed by atoms with van der Waals surface area (Å²) in [5.74, 6) is -1.97. The number of carbonyl (C=O) groups is 5. The molecule has 2 aromatic rings. The van der Waals surface area contributed by atoms with Crippen LogP contribution in [0.25, 0.3) is 0 Å².